The third-order valence-electron chi connectivity index (χ3n) is 15.9. The zero-order valence-electron chi connectivity index (χ0n) is 47.5. The summed E-state index contributed by atoms with van der Waals surface area (Å²) in [6.45, 7) is 1.80. The number of aliphatic hydroxyl groups excluding tert-OH is 11. The molecule has 0 radical (unpaired) electrons. The molecule has 19 nitrogen and oxygen atoms in total. The highest BCUT2D eigenvalue weighted by molar-refractivity contribution is 5.76. The number of nitrogens with one attached hydrogen (secondary N) is 1. The topological polar surface area (TPSA) is 307 Å². The van der Waals surface area contributed by atoms with Gasteiger partial charge in [-0.25, -0.2) is 0 Å². The maximum atomic E-state index is 13.3. The van der Waals surface area contributed by atoms with Gasteiger partial charge in [-0.1, -0.05) is 213 Å². The molecule has 0 aromatic rings. The number of carbonyl (C=O) groups excluding carboxylic acids is 1. The van der Waals surface area contributed by atoms with Crippen LogP contribution in [0.4, 0.5) is 0 Å². The van der Waals surface area contributed by atoms with E-state index in [1.807, 2.05) is 0 Å². The van der Waals surface area contributed by atoms with Crippen molar-refractivity contribution in [1.82, 2.24) is 5.32 Å². The SMILES string of the molecule is CCCCCCCCCCCCCCCCCCCCCCC(=O)NC(COC1OC(CO)C(OC2OC(CO)C(OC3OC(CO)C(O)C(O)C3O)C(O)C2O)C(O)C1O)C(O)CCCCCCCCCCCCCC. The predicted molar refractivity (Wildman–Crippen MR) is 291 cm³/mol. The van der Waals surface area contributed by atoms with E-state index in [2.05, 4.69) is 19.2 Å². The predicted octanol–water partition coefficient (Wildman–Crippen LogP) is 5.60. The molecule has 77 heavy (non-hydrogen) atoms. The molecule has 0 bridgehead atoms. The molecular weight excluding hydrogens is 999 g/mol. The number of ether oxygens (including phenoxy) is 6. The van der Waals surface area contributed by atoms with Gasteiger partial charge in [-0.05, 0) is 12.8 Å². The average molecular weight is 1110 g/mol. The van der Waals surface area contributed by atoms with Crippen LogP contribution in [0, 0.1) is 0 Å². The number of hydrogen-bond donors (Lipinski definition) is 12. The van der Waals surface area contributed by atoms with Crippen molar-refractivity contribution < 1.29 is 89.4 Å². The second kappa shape index (κ2) is 42.6. The molecule has 0 saturated carbocycles. The number of amides is 1. The molecule has 3 rings (SSSR count). The van der Waals surface area contributed by atoms with Gasteiger partial charge in [0, 0.05) is 6.42 Å². The van der Waals surface area contributed by atoms with Crippen LogP contribution in [-0.4, -0.2) is 193 Å². The summed E-state index contributed by atoms with van der Waals surface area (Å²) in [5.41, 5.74) is 0. The van der Waals surface area contributed by atoms with Crippen LogP contribution in [0.3, 0.4) is 0 Å². The Hall–Kier alpha value is -1.21. The third kappa shape index (κ3) is 26.7. The second-order valence-electron chi connectivity index (χ2n) is 22.5. The van der Waals surface area contributed by atoms with Crippen molar-refractivity contribution in [3.05, 3.63) is 0 Å². The Kier molecular flexibility index (Phi) is 38.7. The maximum absolute atomic E-state index is 13.3. The molecule has 0 aromatic heterocycles. The fourth-order valence-corrected chi connectivity index (χ4v) is 10.8. The summed E-state index contributed by atoms with van der Waals surface area (Å²) in [4.78, 5) is 13.3. The summed E-state index contributed by atoms with van der Waals surface area (Å²) in [5, 5.41) is 120. The lowest BCUT2D eigenvalue weighted by Crippen LogP contribution is -2.66. The van der Waals surface area contributed by atoms with E-state index in [4.69, 9.17) is 28.4 Å². The number of rotatable bonds is 46. The fourth-order valence-electron chi connectivity index (χ4n) is 10.8. The van der Waals surface area contributed by atoms with Gasteiger partial charge in [0.05, 0.1) is 38.6 Å². The van der Waals surface area contributed by atoms with Crippen LogP contribution in [0.5, 0.6) is 0 Å². The average Bonchev–Trinajstić information content (AvgIpc) is 3.43. The molecule has 17 unspecified atom stereocenters. The molecule has 19 heteroatoms. The van der Waals surface area contributed by atoms with Crippen LogP contribution in [-0.2, 0) is 33.2 Å². The van der Waals surface area contributed by atoms with Gasteiger partial charge < -0.3 is 89.9 Å². The van der Waals surface area contributed by atoms with E-state index in [9.17, 15) is 61.0 Å². The van der Waals surface area contributed by atoms with Crippen molar-refractivity contribution in [2.45, 2.75) is 336 Å². The standard InChI is InChI=1S/C58H111NO18/c1-3-5-7-9-11-13-15-17-18-19-20-21-22-23-24-26-28-30-32-34-36-46(64)59-41(42(63)35-33-31-29-27-25-16-14-12-10-8-6-4-2)40-72-56-52(70)49(67)54(44(38-61)74-56)77-58-53(71)50(68)55(45(39-62)75-58)76-57-51(69)48(66)47(65)43(37-60)73-57/h41-45,47-58,60-63,65-71H,3-40H2,1-2H3,(H,59,64). The lowest BCUT2D eigenvalue weighted by atomic mass is 9.96. The van der Waals surface area contributed by atoms with E-state index in [1.54, 1.807) is 0 Å². The van der Waals surface area contributed by atoms with E-state index in [1.165, 1.54) is 154 Å². The quantitative estimate of drug-likeness (QED) is 0.0330. The Morgan fingerprint density at radius 1 is 0.416 bits per heavy atom. The Labute approximate surface area is 462 Å². The molecule has 3 aliphatic heterocycles. The van der Waals surface area contributed by atoms with Crippen LogP contribution >= 0.6 is 0 Å². The zero-order chi connectivity index (χ0) is 56.2. The zero-order valence-corrected chi connectivity index (χ0v) is 47.5. The van der Waals surface area contributed by atoms with Crippen molar-refractivity contribution >= 4 is 5.91 Å². The molecule has 1 amide bonds. The summed E-state index contributed by atoms with van der Waals surface area (Å²) < 4.78 is 34.3. The first-order valence-corrected chi connectivity index (χ1v) is 30.8. The van der Waals surface area contributed by atoms with E-state index < -0.39 is 124 Å². The molecule has 0 aromatic carbocycles. The minimum absolute atomic E-state index is 0.239. The first kappa shape index (κ1) is 70.1. The Morgan fingerprint density at radius 3 is 1.13 bits per heavy atom. The molecule has 17 atom stereocenters. The van der Waals surface area contributed by atoms with Crippen molar-refractivity contribution in [2.24, 2.45) is 0 Å². The number of hydrogen-bond acceptors (Lipinski definition) is 18. The summed E-state index contributed by atoms with van der Waals surface area (Å²) in [6, 6.07) is -0.879. The Morgan fingerprint density at radius 2 is 0.740 bits per heavy atom. The van der Waals surface area contributed by atoms with Gasteiger partial charge in [0.25, 0.3) is 0 Å². The number of aliphatic hydroxyl groups is 11. The van der Waals surface area contributed by atoms with Crippen molar-refractivity contribution in [3.8, 4) is 0 Å². The summed E-state index contributed by atoms with van der Waals surface area (Å²) in [6.07, 6.45) is 13.3. The van der Waals surface area contributed by atoms with Gasteiger partial charge in [0.1, 0.15) is 73.2 Å². The van der Waals surface area contributed by atoms with E-state index in [0.29, 0.717) is 12.8 Å². The second-order valence-corrected chi connectivity index (χ2v) is 22.5. The molecule has 0 spiro atoms. The van der Waals surface area contributed by atoms with Crippen LogP contribution in [0.2, 0.25) is 0 Å². The first-order valence-electron chi connectivity index (χ1n) is 30.8. The van der Waals surface area contributed by atoms with Gasteiger partial charge in [0.2, 0.25) is 5.91 Å². The molecule has 456 valence electrons. The lowest BCUT2D eigenvalue weighted by molar-refractivity contribution is -0.379. The number of carbonyl (C=O) groups is 1. The fraction of sp³-hybridized carbons (Fsp3) is 0.983. The molecule has 0 aliphatic carbocycles. The van der Waals surface area contributed by atoms with Gasteiger partial charge in [-0.3, -0.25) is 4.79 Å². The number of unbranched alkanes of at least 4 members (excludes halogenated alkanes) is 30. The molecule has 3 heterocycles. The largest absolute Gasteiger partial charge is 0.394 e. The van der Waals surface area contributed by atoms with E-state index in [-0.39, 0.29) is 18.9 Å². The summed E-state index contributed by atoms with van der Waals surface area (Å²) in [5.74, 6) is -0.239. The van der Waals surface area contributed by atoms with E-state index >= 15 is 0 Å². The molecule has 3 aliphatic rings. The molecule has 3 fully saturated rings. The minimum atomic E-state index is -1.97. The Balaban J connectivity index is 1.46. The lowest BCUT2D eigenvalue weighted by Gasteiger charge is -2.48. The van der Waals surface area contributed by atoms with Gasteiger partial charge >= 0.3 is 0 Å². The smallest absolute Gasteiger partial charge is 0.220 e. The highest BCUT2D eigenvalue weighted by Gasteiger charge is 2.53. The molecule has 12 N–H and O–H groups in total. The van der Waals surface area contributed by atoms with Gasteiger partial charge in [-0.15, -0.1) is 0 Å². The van der Waals surface area contributed by atoms with Gasteiger partial charge in [0.15, 0.2) is 18.9 Å². The monoisotopic (exact) mass is 1110 g/mol. The van der Waals surface area contributed by atoms with Crippen molar-refractivity contribution in [2.75, 3.05) is 26.4 Å². The van der Waals surface area contributed by atoms with Crippen LogP contribution in [0.25, 0.3) is 0 Å². The minimum Gasteiger partial charge on any atom is -0.394 e. The maximum Gasteiger partial charge on any atom is 0.220 e. The normalized spacial score (nSPS) is 30.6. The van der Waals surface area contributed by atoms with Crippen LogP contribution in [0.1, 0.15) is 232 Å². The first-order chi connectivity index (χ1) is 37.3. The summed E-state index contributed by atoms with van der Waals surface area (Å²) >= 11 is 0. The molecular formula is C58H111NO18. The molecule has 3 saturated heterocycles. The highest BCUT2D eigenvalue weighted by Crippen LogP contribution is 2.33. The van der Waals surface area contributed by atoms with E-state index in [0.717, 1.165) is 44.9 Å². The highest BCUT2D eigenvalue weighted by atomic mass is 16.8. The van der Waals surface area contributed by atoms with Gasteiger partial charge in [-0.2, -0.15) is 0 Å². The van der Waals surface area contributed by atoms with Crippen LogP contribution in [0.15, 0.2) is 0 Å². The third-order valence-corrected chi connectivity index (χ3v) is 15.9. The summed E-state index contributed by atoms with van der Waals surface area (Å²) in [7, 11) is 0. The van der Waals surface area contributed by atoms with Crippen molar-refractivity contribution in [1.29, 1.82) is 0 Å². The Bertz CT molecular complexity index is 1420. The van der Waals surface area contributed by atoms with Crippen LogP contribution < -0.4 is 5.32 Å². The van der Waals surface area contributed by atoms with Crippen molar-refractivity contribution in [3.63, 3.8) is 0 Å².